The monoisotopic (exact) mass is 422 g/mol. The fourth-order valence-electron chi connectivity index (χ4n) is 3.10. The van der Waals surface area contributed by atoms with Gasteiger partial charge in [0.2, 0.25) is 0 Å². The van der Waals surface area contributed by atoms with Crippen LogP contribution in [0.2, 0.25) is 0 Å². The largest absolute Gasteiger partial charge is 0.334 e. The molecule has 0 radical (unpaired) electrons. The lowest BCUT2D eigenvalue weighted by Gasteiger charge is -2.04. The summed E-state index contributed by atoms with van der Waals surface area (Å²) >= 11 is 1.35. The molecule has 148 valence electrons. The van der Waals surface area contributed by atoms with Crippen molar-refractivity contribution in [2.75, 3.05) is 0 Å². The summed E-state index contributed by atoms with van der Waals surface area (Å²) in [6.07, 6.45) is 1.43. The molecule has 0 bridgehead atoms. The SMILES string of the molecule is O=c1c2c(-c3ccc(F)cc3)csc2ncn1Cc1noc(-c2ccc(F)cc2)n1. The molecule has 0 fully saturated rings. The number of thiophene rings is 1. The Kier molecular flexibility index (Phi) is 4.44. The molecule has 0 amide bonds. The molecule has 5 rings (SSSR count). The molecule has 30 heavy (non-hydrogen) atoms. The van der Waals surface area contributed by atoms with E-state index in [0.717, 1.165) is 5.56 Å². The van der Waals surface area contributed by atoms with Crippen molar-refractivity contribution >= 4 is 21.6 Å². The van der Waals surface area contributed by atoms with Crippen LogP contribution in [0.4, 0.5) is 8.78 Å². The first-order valence-electron chi connectivity index (χ1n) is 8.89. The smallest absolute Gasteiger partial charge is 0.263 e. The molecule has 0 saturated carbocycles. The highest BCUT2D eigenvalue weighted by Gasteiger charge is 2.15. The van der Waals surface area contributed by atoms with Crippen LogP contribution in [0.1, 0.15) is 5.82 Å². The molecule has 3 aromatic heterocycles. The molecular weight excluding hydrogens is 410 g/mol. The summed E-state index contributed by atoms with van der Waals surface area (Å²) in [5, 5.41) is 6.19. The van der Waals surface area contributed by atoms with Crippen molar-refractivity contribution in [1.29, 1.82) is 0 Å². The number of rotatable bonds is 4. The summed E-state index contributed by atoms with van der Waals surface area (Å²) in [5.41, 5.74) is 1.75. The van der Waals surface area contributed by atoms with E-state index < -0.39 is 0 Å². The van der Waals surface area contributed by atoms with Gasteiger partial charge in [0.1, 0.15) is 16.5 Å². The molecule has 5 aromatic rings. The van der Waals surface area contributed by atoms with Crippen LogP contribution < -0.4 is 5.56 Å². The van der Waals surface area contributed by atoms with Crippen LogP contribution in [0.25, 0.3) is 32.8 Å². The number of aromatic nitrogens is 4. The standard InChI is InChI=1S/C21H12F2N4O2S/c22-14-5-1-12(2-6-14)16-10-30-20-18(16)21(28)27(11-24-20)9-17-25-19(29-26-17)13-3-7-15(23)8-4-13/h1-8,10-11H,9H2. The lowest BCUT2D eigenvalue weighted by atomic mass is 10.1. The van der Waals surface area contributed by atoms with E-state index in [0.29, 0.717) is 21.3 Å². The van der Waals surface area contributed by atoms with E-state index in [2.05, 4.69) is 15.1 Å². The molecule has 0 unspecified atom stereocenters. The van der Waals surface area contributed by atoms with E-state index in [4.69, 9.17) is 4.52 Å². The summed E-state index contributed by atoms with van der Waals surface area (Å²) in [5.74, 6) is -0.189. The molecule has 0 aliphatic carbocycles. The average molecular weight is 422 g/mol. The topological polar surface area (TPSA) is 73.8 Å². The Hall–Kier alpha value is -3.72. The molecule has 0 aliphatic rings. The summed E-state index contributed by atoms with van der Waals surface area (Å²) < 4.78 is 33.0. The average Bonchev–Trinajstić information content (AvgIpc) is 3.39. The molecule has 6 nitrogen and oxygen atoms in total. The molecule has 0 aliphatic heterocycles. The highest BCUT2D eigenvalue weighted by Crippen LogP contribution is 2.30. The van der Waals surface area contributed by atoms with Gasteiger partial charge >= 0.3 is 0 Å². The number of nitrogens with zero attached hydrogens (tertiary/aromatic N) is 4. The zero-order chi connectivity index (χ0) is 20.7. The Morgan fingerprint density at radius 2 is 1.63 bits per heavy atom. The van der Waals surface area contributed by atoms with E-state index >= 15 is 0 Å². The minimum absolute atomic E-state index is 0.0607. The van der Waals surface area contributed by atoms with Crippen LogP contribution in [0, 0.1) is 11.6 Å². The first kappa shape index (κ1) is 18.3. The summed E-state index contributed by atoms with van der Waals surface area (Å²) in [7, 11) is 0. The highest BCUT2D eigenvalue weighted by molar-refractivity contribution is 7.17. The summed E-state index contributed by atoms with van der Waals surface area (Å²) in [6.45, 7) is 0.0607. The van der Waals surface area contributed by atoms with Gasteiger partial charge in [0.05, 0.1) is 18.3 Å². The molecule has 0 spiro atoms. The van der Waals surface area contributed by atoms with Gasteiger partial charge in [-0.15, -0.1) is 11.3 Å². The first-order chi connectivity index (χ1) is 14.6. The van der Waals surface area contributed by atoms with Crippen molar-refractivity contribution in [2.24, 2.45) is 0 Å². The Labute approximate surface area is 172 Å². The van der Waals surface area contributed by atoms with Gasteiger partial charge in [0, 0.05) is 16.5 Å². The van der Waals surface area contributed by atoms with Crippen LogP contribution in [-0.2, 0) is 6.54 Å². The van der Waals surface area contributed by atoms with Gasteiger partial charge in [-0.3, -0.25) is 9.36 Å². The van der Waals surface area contributed by atoms with Gasteiger partial charge < -0.3 is 4.52 Å². The van der Waals surface area contributed by atoms with Crippen LogP contribution in [0.15, 0.2) is 69.6 Å². The number of hydrogen-bond donors (Lipinski definition) is 0. The number of benzene rings is 2. The van der Waals surface area contributed by atoms with Gasteiger partial charge in [-0.1, -0.05) is 17.3 Å². The summed E-state index contributed by atoms with van der Waals surface area (Å²) in [4.78, 5) is 22.3. The third-order valence-corrected chi connectivity index (χ3v) is 5.47. The number of fused-ring (bicyclic) bond motifs is 1. The van der Waals surface area contributed by atoms with E-state index in [-0.39, 0.29) is 35.5 Å². The third kappa shape index (κ3) is 3.29. The molecule has 0 atom stereocenters. The van der Waals surface area contributed by atoms with Crippen LogP contribution in [0.3, 0.4) is 0 Å². The maximum absolute atomic E-state index is 13.3. The van der Waals surface area contributed by atoms with Gasteiger partial charge in [0.25, 0.3) is 11.4 Å². The molecule has 2 aromatic carbocycles. The van der Waals surface area contributed by atoms with E-state index in [1.54, 1.807) is 12.1 Å². The van der Waals surface area contributed by atoms with Crippen molar-refractivity contribution in [3.05, 3.63) is 88.1 Å². The van der Waals surface area contributed by atoms with Crippen molar-refractivity contribution in [3.63, 3.8) is 0 Å². The van der Waals surface area contributed by atoms with Gasteiger partial charge in [-0.05, 0) is 42.0 Å². The Balaban J connectivity index is 1.50. The fraction of sp³-hybridized carbons (Fsp3) is 0.0476. The Morgan fingerprint density at radius 3 is 2.33 bits per heavy atom. The zero-order valence-corrected chi connectivity index (χ0v) is 16.1. The molecular formula is C21H12F2N4O2S. The van der Waals surface area contributed by atoms with Crippen molar-refractivity contribution < 1.29 is 13.3 Å². The molecule has 9 heteroatoms. The van der Waals surface area contributed by atoms with Gasteiger partial charge in [0.15, 0.2) is 5.82 Å². The summed E-state index contributed by atoms with van der Waals surface area (Å²) in [6, 6.07) is 11.6. The fourth-order valence-corrected chi connectivity index (χ4v) is 4.01. The van der Waals surface area contributed by atoms with Crippen LogP contribution in [0.5, 0.6) is 0 Å². The van der Waals surface area contributed by atoms with E-state index in [1.807, 2.05) is 5.38 Å². The molecule has 0 N–H and O–H groups in total. The lowest BCUT2D eigenvalue weighted by molar-refractivity contribution is 0.420. The van der Waals surface area contributed by atoms with Crippen molar-refractivity contribution in [1.82, 2.24) is 19.7 Å². The first-order valence-corrected chi connectivity index (χ1v) is 9.77. The second-order valence-electron chi connectivity index (χ2n) is 6.54. The maximum atomic E-state index is 13.3. The normalized spacial score (nSPS) is 11.3. The van der Waals surface area contributed by atoms with E-state index in [9.17, 15) is 13.6 Å². The van der Waals surface area contributed by atoms with Crippen LogP contribution >= 0.6 is 11.3 Å². The predicted octanol–water partition coefficient (Wildman–Crippen LogP) is 4.50. The second-order valence-corrected chi connectivity index (χ2v) is 7.39. The number of halogens is 2. The Bertz CT molecular complexity index is 1410. The predicted molar refractivity (Wildman–Crippen MR) is 108 cm³/mol. The van der Waals surface area contributed by atoms with Gasteiger partial charge in [-0.25, -0.2) is 13.8 Å². The lowest BCUT2D eigenvalue weighted by Crippen LogP contribution is -2.21. The van der Waals surface area contributed by atoms with Crippen molar-refractivity contribution in [3.8, 4) is 22.6 Å². The Morgan fingerprint density at radius 1 is 0.967 bits per heavy atom. The quantitative estimate of drug-likeness (QED) is 0.426. The molecule has 0 saturated heterocycles. The maximum Gasteiger partial charge on any atom is 0.263 e. The highest BCUT2D eigenvalue weighted by atomic mass is 32.1. The number of hydrogen-bond acceptors (Lipinski definition) is 6. The third-order valence-electron chi connectivity index (χ3n) is 4.59. The second kappa shape index (κ2) is 7.27. The molecule has 3 heterocycles. The van der Waals surface area contributed by atoms with Gasteiger partial charge in [-0.2, -0.15) is 4.98 Å². The minimum atomic E-state index is -0.364. The van der Waals surface area contributed by atoms with Crippen molar-refractivity contribution in [2.45, 2.75) is 6.54 Å². The zero-order valence-electron chi connectivity index (χ0n) is 15.3. The van der Waals surface area contributed by atoms with E-state index in [1.165, 1.54) is 58.6 Å². The minimum Gasteiger partial charge on any atom is -0.334 e. The van der Waals surface area contributed by atoms with Crippen LogP contribution in [-0.4, -0.2) is 19.7 Å².